The van der Waals surface area contributed by atoms with Crippen LogP contribution in [0.5, 0.6) is 0 Å². The molecule has 0 N–H and O–H groups in total. The van der Waals surface area contributed by atoms with E-state index in [2.05, 4.69) is 15.1 Å². The van der Waals surface area contributed by atoms with Crippen molar-refractivity contribution in [3.05, 3.63) is 30.6 Å². The largest absolute Gasteiger partial charge is 0.265 e. The highest BCUT2D eigenvalue weighted by atomic mass is 15.5. The van der Waals surface area contributed by atoms with E-state index in [0.29, 0.717) is 0 Å². The van der Waals surface area contributed by atoms with Gasteiger partial charge in [-0.1, -0.05) is 0 Å². The van der Waals surface area contributed by atoms with Gasteiger partial charge < -0.3 is 0 Å². The van der Waals surface area contributed by atoms with E-state index < -0.39 is 0 Å². The van der Waals surface area contributed by atoms with Crippen LogP contribution in [0.15, 0.2) is 35.7 Å². The van der Waals surface area contributed by atoms with Crippen LogP contribution in [0.2, 0.25) is 0 Å². The second-order valence-electron chi connectivity index (χ2n) is 3.44. The van der Waals surface area contributed by atoms with Gasteiger partial charge in [0.2, 0.25) is 0 Å². The fourth-order valence-corrected chi connectivity index (χ4v) is 1.70. The van der Waals surface area contributed by atoms with Gasteiger partial charge in [-0.05, 0) is 18.2 Å². The Labute approximate surface area is 87.3 Å². The van der Waals surface area contributed by atoms with Crippen LogP contribution in [0.4, 0.5) is 5.69 Å². The third-order valence-electron chi connectivity index (χ3n) is 2.44. The molecule has 4 nitrogen and oxygen atoms in total. The molecule has 3 rings (SSSR count). The molecule has 4 heteroatoms. The highest BCUT2D eigenvalue weighted by Gasteiger charge is 2.08. The Bertz CT molecular complexity index is 521. The van der Waals surface area contributed by atoms with Gasteiger partial charge >= 0.3 is 0 Å². The summed E-state index contributed by atoms with van der Waals surface area (Å²) in [7, 11) is 0. The van der Waals surface area contributed by atoms with Crippen LogP contribution in [0.3, 0.4) is 0 Å². The molecule has 0 saturated carbocycles. The number of fused-ring (bicyclic) bond motifs is 1. The number of rotatable bonds is 1. The van der Waals surface area contributed by atoms with Crippen LogP contribution in [0, 0.1) is 0 Å². The molecule has 0 saturated heterocycles. The van der Waals surface area contributed by atoms with E-state index in [0.717, 1.165) is 29.7 Å². The number of nitrogens with zero attached hydrogens (tertiary/aromatic N) is 4. The topological polar surface area (TPSA) is 41.4 Å². The molecule has 1 aliphatic heterocycles. The maximum absolute atomic E-state index is 4.27. The number of aromatic nitrogens is 2. The van der Waals surface area contributed by atoms with E-state index in [9.17, 15) is 0 Å². The van der Waals surface area contributed by atoms with Gasteiger partial charge in [0.15, 0.2) is 0 Å². The highest BCUT2D eigenvalue weighted by molar-refractivity contribution is 5.79. The van der Waals surface area contributed by atoms with Crippen molar-refractivity contribution in [1.29, 1.82) is 0 Å². The van der Waals surface area contributed by atoms with Crippen molar-refractivity contribution in [1.82, 2.24) is 9.97 Å². The van der Waals surface area contributed by atoms with Crippen molar-refractivity contribution in [3.63, 3.8) is 0 Å². The van der Waals surface area contributed by atoms with Gasteiger partial charge in [-0.15, -0.1) is 0 Å². The van der Waals surface area contributed by atoms with Gasteiger partial charge in [0, 0.05) is 31.6 Å². The average Bonchev–Trinajstić information content (AvgIpc) is 2.82. The smallest absolute Gasteiger partial charge is 0.0908 e. The van der Waals surface area contributed by atoms with Crippen LogP contribution in [0.1, 0.15) is 6.42 Å². The molecule has 2 aromatic rings. The van der Waals surface area contributed by atoms with Crippen molar-refractivity contribution < 1.29 is 0 Å². The molecular formula is C11H10N4. The summed E-state index contributed by atoms with van der Waals surface area (Å²) in [6.07, 6.45) is 6.36. The summed E-state index contributed by atoms with van der Waals surface area (Å²) < 4.78 is 0. The molecule has 0 fully saturated rings. The molecule has 1 aromatic carbocycles. The normalized spacial score (nSPS) is 15.1. The lowest BCUT2D eigenvalue weighted by Gasteiger charge is -2.13. The predicted molar refractivity (Wildman–Crippen MR) is 60.0 cm³/mol. The standard InChI is InChI=1S/C11H10N4/c1-4-14-15(7-1)9-2-3-10-11(8-9)13-6-5-12-10/h2-6,8H,1,7H2. The number of anilines is 1. The molecule has 0 spiro atoms. The Balaban J connectivity index is 2.09. The lowest BCUT2D eigenvalue weighted by atomic mass is 10.2. The van der Waals surface area contributed by atoms with Crippen molar-refractivity contribution in [2.45, 2.75) is 6.42 Å². The molecule has 0 aliphatic carbocycles. The summed E-state index contributed by atoms with van der Waals surface area (Å²) in [5.41, 5.74) is 2.92. The van der Waals surface area contributed by atoms with E-state index >= 15 is 0 Å². The fourth-order valence-electron chi connectivity index (χ4n) is 1.70. The SMILES string of the molecule is C1=NN(c2ccc3nccnc3c2)CC1. The Morgan fingerprint density at radius 2 is 1.93 bits per heavy atom. The molecular weight excluding hydrogens is 188 g/mol. The molecule has 15 heavy (non-hydrogen) atoms. The minimum Gasteiger partial charge on any atom is -0.265 e. The molecule has 0 radical (unpaired) electrons. The van der Waals surface area contributed by atoms with E-state index in [1.807, 2.05) is 29.4 Å². The zero-order valence-corrected chi connectivity index (χ0v) is 8.17. The second-order valence-corrected chi connectivity index (χ2v) is 3.44. The van der Waals surface area contributed by atoms with Gasteiger partial charge in [0.25, 0.3) is 0 Å². The molecule has 0 atom stereocenters. The fraction of sp³-hybridized carbons (Fsp3) is 0.182. The molecule has 1 aliphatic rings. The predicted octanol–water partition coefficient (Wildman–Crippen LogP) is 1.83. The average molecular weight is 198 g/mol. The summed E-state index contributed by atoms with van der Waals surface area (Å²) in [6.45, 7) is 0.950. The molecule has 0 amide bonds. The Hall–Kier alpha value is -1.97. The first kappa shape index (κ1) is 8.35. The highest BCUT2D eigenvalue weighted by Crippen LogP contribution is 2.21. The van der Waals surface area contributed by atoms with Gasteiger partial charge in [-0.25, -0.2) is 0 Å². The van der Waals surface area contributed by atoms with Crippen LogP contribution in [-0.2, 0) is 0 Å². The first-order valence-electron chi connectivity index (χ1n) is 4.94. The summed E-state index contributed by atoms with van der Waals surface area (Å²) in [5, 5.41) is 6.25. The van der Waals surface area contributed by atoms with Gasteiger partial charge in [0.05, 0.1) is 16.7 Å². The van der Waals surface area contributed by atoms with Crippen molar-refractivity contribution >= 4 is 22.9 Å². The maximum Gasteiger partial charge on any atom is 0.0908 e. The number of benzene rings is 1. The zero-order chi connectivity index (χ0) is 10.1. The minimum atomic E-state index is 0.914. The first-order chi connectivity index (χ1) is 7.43. The quantitative estimate of drug-likeness (QED) is 0.702. The van der Waals surface area contributed by atoms with E-state index in [-0.39, 0.29) is 0 Å². The number of hydrazone groups is 1. The molecule has 1 aromatic heterocycles. The van der Waals surface area contributed by atoms with E-state index in [4.69, 9.17) is 0 Å². The lowest BCUT2D eigenvalue weighted by Crippen LogP contribution is -2.11. The van der Waals surface area contributed by atoms with Gasteiger partial charge in [-0.3, -0.25) is 15.0 Å². The molecule has 0 unspecified atom stereocenters. The van der Waals surface area contributed by atoms with Crippen LogP contribution < -0.4 is 5.01 Å². The second kappa shape index (κ2) is 3.31. The maximum atomic E-state index is 4.27. The van der Waals surface area contributed by atoms with E-state index in [1.54, 1.807) is 12.4 Å². The van der Waals surface area contributed by atoms with E-state index in [1.165, 1.54) is 0 Å². The van der Waals surface area contributed by atoms with Crippen LogP contribution >= 0.6 is 0 Å². The van der Waals surface area contributed by atoms with Crippen molar-refractivity contribution in [2.75, 3.05) is 11.6 Å². The number of hydrogen-bond donors (Lipinski definition) is 0. The monoisotopic (exact) mass is 198 g/mol. The zero-order valence-electron chi connectivity index (χ0n) is 8.17. The number of hydrogen-bond acceptors (Lipinski definition) is 4. The molecule has 2 heterocycles. The Morgan fingerprint density at radius 1 is 1.07 bits per heavy atom. The van der Waals surface area contributed by atoms with Gasteiger partial charge in [0.1, 0.15) is 0 Å². The first-order valence-corrected chi connectivity index (χ1v) is 4.94. The lowest BCUT2D eigenvalue weighted by molar-refractivity contribution is 0.923. The van der Waals surface area contributed by atoms with Crippen molar-refractivity contribution in [3.8, 4) is 0 Å². The van der Waals surface area contributed by atoms with Gasteiger partial charge in [-0.2, -0.15) is 5.10 Å². The van der Waals surface area contributed by atoms with Crippen LogP contribution in [0.25, 0.3) is 11.0 Å². The Morgan fingerprint density at radius 3 is 2.73 bits per heavy atom. The molecule has 74 valence electrons. The Kier molecular flexibility index (Phi) is 1.84. The summed E-state index contributed by atoms with van der Waals surface area (Å²) in [6, 6.07) is 6.02. The summed E-state index contributed by atoms with van der Waals surface area (Å²) in [5.74, 6) is 0. The summed E-state index contributed by atoms with van der Waals surface area (Å²) >= 11 is 0. The molecule has 0 bridgehead atoms. The van der Waals surface area contributed by atoms with Crippen molar-refractivity contribution in [2.24, 2.45) is 5.10 Å². The third kappa shape index (κ3) is 1.44. The summed E-state index contributed by atoms with van der Waals surface area (Å²) in [4.78, 5) is 8.50. The minimum absolute atomic E-state index is 0.914. The van der Waals surface area contributed by atoms with Crippen LogP contribution in [-0.4, -0.2) is 22.7 Å². The third-order valence-corrected chi connectivity index (χ3v) is 2.44.